The first-order chi connectivity index (χ1) is 9.58. The molecule has 0 bridgehead atoms. The van der Waals surface area contributed by atoms with Crippen LogP contribution in [0, 0.1) is 16.0 Å². The topological polar surface area (TPSA) is 107 Å². The summed E-state index contributed by atoms with van der Waals surface area (Å²) in [4.78, 5) is 21.5. The molecule has 1 amide bonds. The van der Waals surface area contributed by atoms with Crippen molar-refractivity contribution in [2.45, 2.75) is 12.8 Å². The number of hydrogen-bond acceptors (Lipinski definition) is 5. The Hall–Kier alpha value is -2.15. The van der Waals surface area contributed by atoms with Crippen LogP contribution in [0.5, 0.6) is 5.75 Å². The molecule has 1 unspecified atom stereocenters. The van der Waals surface area contributed by atoms with E-state index < -0.39 is 10.8 Å². The predicted molar refractivity (Wildman–Crippen MR) is 72.7 cm³/mol. The van der Waals surface area contributed by atoms with Crippen molar-refractivity contribution in [3.8, 4) is 5.75 Å². The van der Waals surface area contributed by atoms with E-state index in [0.717, 1.165) is 32.0 Å². The van der Waals surface area contributed by atoms with E-state index in [2.05, 4.69) is 5.32 Å². The second-order valence-electron chi connectivity index (χ2n) is 4.83. The normalized spacial score (nSPS) is 18.5. The van der Waals surface area contributed by atoms with Crippen molar-refractivity contribution in [2.24, 2.45) is 11.7 Å². The lowest BCUT2D eigenvalue weighted by atomic mass is 10.0. The summed E-state index contributed by atoms with van der Waals surface area (Å²) in [5, 5.41) is 14.0. The Balaban J connectivity index is 2.09. The maximum Gasteiger partial charge on any atom is 0.270 e. The van der Waals surface area contributed by atoms with E-state index in [1.807, 2.05) is 0 Å². The first kappa shape index (κ1) is 14.3. The number of hydrogen-bond donors (Lipinski definition) is 2. The fourth-order valence-electron chi connectivity index (χ4n) is 2.22. The number of piperidine rings is 1. The van der Waals surface area contributed by atoms with Crippen molar-refractivity contribution >= 4 is 11.6 Å². The molecule has 108 valence electrons. The summed E-state index contributed by atoms with van der Waals surface area (Å²) in [7, 11) is 0. The number of amides is 1. The first-order valence-corrected chi connectivity index (χ1v) is 6.49. The fraction of sp³-hybridized carbons (Fsp3) is 0.462. The molecule has 1 aliphatic heterocycles. The molecule has 7 heteroatoms. The van der Waals surface area contributed by atoms with E-state index in [0.29, 0.717) is 18.3 Å². The van der Waals surface area contributed by atoms with Crippen molar-refractivity contribution in [1.29, 1.82) is 0 Å². The lowest BCUT2D eigenvalue weighted by Gasteiger charge is -2.23. The molecule has 1 aliphatic rings. The van der Waals surface area contributed by atoms with Gasteiger partial charge in [-0.3, -0.25) is 14.9 Å². The highest BCUT2D eigenvalue weighted by molar-refractivity contribution is 5.96. The Morgan fingerprint density at radius 3 is 2.95 bits per heavy atom. The van der Waals surface area contributed by atoms with Crippen molar-refractivity contribution in [1.82, 2.24) is 5.32 Å². The van der Waals surface area contributed by atoms with Gasteiger partial charge in [-0.25, -0.2) is 0 Å². The van der Waals surface area contributed by atoms with Gasteiger partial charge in [0.15, 0.2) is 0 Å². The zero-order chi connectivity index (χ0) is 14.5. The Morgan fingerprint density at radius 1 is 1.55 bits per heavy atom. The average Bonchev–Trinajstić information content (AvgIpc) is 2.45. The third kappa shape index (κ3) is 3.45. The van der Waals surface area contributed by atoms with E-state index in [1.165, 1.54) is 12.1 Å². The molecule has 3 N–H and O–H groups in total. The average molecular weight is 279 g/mol. The number of primary amides is 1. The molecule has 7 nitrogen and oxygen atoms in total. The molecule has 20 heavy (non-hydrogen) atoms. The number of non-ortho nitro benzene ring substituents is 1. The molecule has 1 aromatic rings. The number of nitrogens with one attached hydrogen (secondary N) is 1. The summed E-state index contributed by atoms with van der Waals surface area (Å²) in [5.74, 6) is -0.0567. The van der Waals surface area contributed by atoms with Crippen LogP contribution in [0.4, 0.5) is 5.69 Å². The number of carbonyl (C=O) groups is 1. The van der Waals surface area contributed by atoms with Gasteiger partial charge in [0.25, 0.3) is 11.6 Å². The highest BCUT2D eigenvalue weighted by Crippen LogP contribution is 2.25. The zero-order valence-corrected chi connectivity index (χ0v) is 11.0. The van der Waals surface area contributed by atoms with Crippen molar-refractivity contribution in [2.75, 3.05) is 19.7 Å². The Morgan fingerprint density at radius 2 is 2.35 bits per heavy atom. The molecule has 1 aromatic carbocycles. The van der Waals surface area contributed by atoms with E-state index in [9.17, 15) is 14.9 Å². The standard InChI is InChI=1S/C13H17N3O4/c14-13(17)11-6-10(16(18)19)3-4-12(11)20-8-9-2-1-5-15-7-9/h3-4,6,9,15H,1-2,5,7-8H2,(H2,14,17). The number of nitrogens with zero attached hydrogens (tertiary/aromatic N) is 1. The van der Waals surface area contributed by atoms with Gasteiger partial charge in [-0.15, -0.1) is 0 Å². The van der Waals surface area contributed by atoms with Gasteiger partial charge in [0.2, 0.25) is 0 Å². The number of carbonyl (C=O) groups excluding carboxylic acids is 1. The molecule has 0 aromatic heterocycles. The summed E-state index contributed by atoms with van der Waals surface area (Å²) in [6, 6.07) is 3.88. The Kier molecular flexibility index (Phi) is 4.52. The summed E-state index contributed by atoms with van der Waals surface area (Å²) in [5.41, 5.74) is 5.11. The second kappa shape index (κ2) is 6.33. The summed E-state index contributed by atoms with van der Waals surface area (Å²) in [6.45, 7) is 2.35. The number of nitro benzene ring substituents is 1. The third-order valence-corrected chi connectivity index (χ3v) is 3.31. The second-order valence-corrected chi connectivity index (χ2v) is 4.83. The molecule has 0 radical (unpaired) electrons. The maximum absolute atomic E-state index is 11.4. The first-order valence-electron chi connectivity index (χ1n) is 6.49. The van der Waals surface area contributed by atoms with Gasteiger partial charge in [-0.05, 0) is 25.5 Å². The predicted octanol–water partition coefficient (Wildman–Crippen LogP) is 1.07. The Bertz CT molecular complexity index is 512. The van der Waals surface area contributed by atoms with Crippen LogP contribution in [-0.4, -0.2) is 30.5 Å². The number of benzene rings is 1. The van der Waals surface area contributed by atoms with Gasteiger partial charge in [-0.1, -0.05) is 0 Å². The quantitative estimate of drug-likeness (QED) is 0.619. The number of ether oxygens (including phenoxy) is 1. The highest BCUT2D eigenvalue weighted by Gasteiger charge is 2.18. The molecular formula is C13H17N3O4. The van der Waals surface area contributed by atoms with Gasteiger partial charge < -0.3 is 15.8 Å². The molecular weight excluding hydrogens is 262 g/mol. The summed E-state index contributed by atoms with van der Waals surface area (Å²) < 4.78 is 5.61. The zero-order valence-electron chi connectivity index (χ0n) is 11.0. The van der Waals surface area contributed by atoms with Crippen LogP contribution in [0.15, 0.2) is 18.2 Å². The van der Waals surface area contributed by atoms with Crippen LogP contribution >= 0.6 is 0 Å². The van der Waals surface area contributed by atoms with Gasteiger partial charge in [0.05, 0.1) is 17.1 Å². The minimum atomic E-state index is -0.731. The number of nitro groups is 1. The van der Waals surface area contributed by atoms with Crippen LogP contribution in [0.25, 0.3) is 0 Å². The minimum Gasteiger partial charge on any atom is -0.492 e. The maximum atomic E-state index is 11.4. The smallest absolute Gasteiger partial charge is 0.270 e. The van der Waals surface area contributed by atoms with Crippen LogP contribution in [0.3, 0.4) is 0 Å². The minimum absolute atomic E-state index is 0.0444. The van der Waals surface area contributed by atoms with Crippen molar-refractivity contribution < 1.29 is 14.5 Å². The SMILES string of the molecule is NC(=O)c1cc([N+](=O)[O-])ccc1OCC1CCCNC1. The Labute approximate surface area is 116 Å². The van der Waals surface area contributed by atoms with Crippen molar-refractivity contribution in [3.63, 3.8) is 0 Å². The largest absolute Gasteiger partial charge is 0.492 e. The number of nitrogens with two attached hydrogens (primary N) is 1. The molecule has 1 atom stereocenters. The molecule has 1 saturated heterocycles. The van der Waals surface area contributed by atoms with Gasteiger partial charge in [-0.2, -0.15) is 0 Å². The van der Waals surface area contributed by atoms with Crippen LogP contribution in [0.1, 0.15) is 23.2 Å². The summed E-state index contributed by atoms with van der Waals surface area (Å²) in [6.07, 6.45) is 2.16. The van der Waals surface area contributed by atoms with Crippen LogP contribution in [-0.2, 0) is 0 Å². The summed E-state index contributed by atoms with van der Waals surface area (Å²) >= 11 is 0. The van der Waals surface area contributed by atoms with E-state index in [-0.39, 0.29) is 11.3 Å². The molecule has 2 rings (SSSR count). The van der Waals surface area contributed by atoms with Gasteiger partial charge >= 0.3 is 0 Å². The van der Waals surface area contributed by atoms with E-state index >= 15 is 0 Å². The van der Waals surface area contributed by atoms with Crippen molar-refractivity contribution in [3.05, 3.63) is 33.9 Å². The molecule has 1 heterocycles. The van der Waals surface area contributed by atoms with Gasteiger partial charge in [0, 0.05) is 24.6 Å². The number of rotatable bonds is 5. The monoisotopic (exact) mass is 279 g/mol. The third-order valence-electron chi connectivity index (χ3n) is 3.31. The lowest BCUT2D eigenvalue weighted by molar-refractivity contribution is -0.384. The highest BCUT2D eigenvalue weighted by atomic mass is 16.6. The molecule has 0 saturated carbocycles. The lowest BCUT2D eigenvalue weighted by Crippen LogP contribution is -2.33. The van der Waals surface area contributed by atoms with E-state index in [4.69, 9.17) is 10.5 Å². The fourth-order valence-corrected chi connectivity index (χ4v) is 2.22. The van der Waals surface area contributed by atoms with Gasteiger partial charge in [0.1, 0.15) is 5.75 Å². The molecule has 1 fully saturated rings. The van der Waals surface area contributed by atoms with Crippen LogP contribution < -0.4 is 15.8 Å². The van der Waals surface area contributed by atoms with Crippen LogP contribution in [0.2, 0.25) is 0 Å². The molecule has 0 aliphatic carbocycles. The van der Waals surface area contributed by atoms with E-state index in [1.54, 1.807) is 0 Å². The molecule has 0 spiro atoms.